The van der Waals surface area contributed by atoms with E-state index in [9.17, 15) is 4.79 Å². The van der Waals surface area contributed by atoms with Gasteiger partial charge in [0.15, 0.2) is 0 Å². The fourth-order valence-electron chi connectivity index (χ4n) is 2.94. The van der Waals surface area contributed by atoms with E-state index in [4.69, 9.17) is 5.73 Å². The van der Waals surface area contributed by atoms with Crippen LogP contribution in [-0.2, 0) is 11.2 Å². The first-order chi connectivity index (χ1) is 9.07. The van der Waals surface area contributed by atoms with Gasteiger partial charge in [0.25, 0.3) is 0 Å². The van der Waals surface area contributed by atoms with Crippen molar-refractivity contribution in [3.63, 3.8) is 0 Å². The van der Waals surface area contributed by atoms with Crippen LogP contribution in [0.3, 0.4) is 0 Å². The van der Waals surface area contributed by atoms with Gasteiger partial charge in [0.1, 0.15) is 5.78 Å². The van der Waals surface area contributed by atoms with Crippen LogP contribution in [0.5, 0.6) is 0 Å². The highest BCUT2D eigenvalue weighted by molar-refractivity contribution is 5.86. The maximum Gasteiger partial charge on any atom is 0.146 e. The maximum absolute atomic E-state index is 12.6. The molecule has 0 amide bonds. The second kappa shape index (κ2) is 5.87. The van der Waals surface area contributed by atoms with Crippen molar-refractivity contribution in [2.75, 3.05) is 6.54 Å². The summed E-state index contributed by atoms with van der Waals surface area (Å²) in [5, 5.41) is 4.46. The van der Waals surface area contributed by atoms with Gasteiger partial charge >= 0.3 is 0 Å². The van der Waals surface area contributed by atoms with Gasteiger partial charge in [-0.3, -0.25) is 9.48 Å². The van der Waals surface area contributed by atoms with Gasteiger partial charge in [-0.25, -0.2) is 0 Å². The molecule has 106 valence electrons. The van der Waals surface area contributed by atoms with Crippen LogP contribution in [0.1, 0.15) is 57.7 Å². The Kier molecular flexibility index (Phi) is 4.40. The number of hydrogen-bond acceptors (Lipinski definition) is 3. The lowest BCUT2D eigenvalue weighted by Gasteiger charge is -2.34. The molecule has 0 bridgehead atoms. The van der Waals surface area contributed by atoms with Gasteiger partial charge in [-0.1, -0.05) is 19.3 Å². The van der Waals surface area contributed by atoms with E-state index in [1.165, 1.54) is 6.42 Å². The van der Waals surface area contributed by atoms with Crippen molar-refractivity contribution in [1.82, 2.24) is 9.78 Å². The van der Waals surface area contributed by atoms with Crippen LogP contribution in [0.25, 0.3) is 0 Å². The first-order valence-electron chi connectivity index (χ1n) is 7.35. The van der Waals surface area contributed by atoms with E-state index in [1.54, 1.807) is 0 Å². The molecule has 1 aliphatic carbocycles. The maximum atomic E-state index is 12.6. The smallest absolute Gasteiger partial charge is 0.146 e. The monoisotopic (exact) mass is 263 g/mol. The van der Waals surface area contributed by atoms with Crippen LogP contribution >= 0.6 is 0 Å². The molecule has 2 N–H and O–H groups in total. The van der Waals surface area contributed by atoms with E-state index in [0.29, 0.717) is 19.0 Å². The zero-order valence-electron chi connectivity index (χ0n) is 12.1. The largest absolute Gasteiger partial charge is 0.329 e. The Bertz CT molecular complexity index is 430. The number of Topliss-reactive ketones (excluding diaryl/α,β-unsaturated/α-hetero) is 1. The quantitative estimate of drug-likeness (QED) is 0.887. The van der Waals surface area contributed by atoms with Gasteiger partial charge in [0.2, 0.25) is 0 Å². The lowest BCUT2D eigenvalue weighted by Crippen LogP contribution is -2.41. The lowest BCUT2D eigenvalue weighted by molar-refractivity contribution is -0.129. The molecule has 0 spiro atoms. The number of nitrogens with two attached hydrogens (primary N) is 1. The Balaban J connectivity index is 2.06. The summed E-state index contributed by atoms with van der Waals surface area (Å²) in [5.41, 5.74) is 6.49. The minimum atomic E-state index is -0.278. The molecule has 1 aromatic heterocycles. The van der Waals surface area contributed by atoms with Crippen molar-refractivity contribution in [3.05, 3.63) is 18.0 Å². The van der Waals surface area contributed by atoms with E-state index in [0.717, 1.165) is 31.4 Å². The summed E-state index contributed by atoms with van der Waals surface area (Å²) in [6.07, 6.45) is 7.77. The highest BCUT2D eigenvalue weighted by Crippen LogP contribution is 2.36. The van der Waals surface area contributed by atoms with E-state index >= 15 is 0 Å². The van der Waals surface area contributed by atoms with Crippen molar-refractivity contribution in [1.29, 1.82) is 0 Å². The minimum Gasteiger partial charge on any atom is -0.329 e. The molecule has 1 fully saturated rings. The molecule has 1 heterocycles. The van der Waals surface area contributed by atoms with Gasteiger partial charge in [0, 0.05) is 24.2 Å². The first-order valence-corrected chi connectivity index (χ1v) is 7.35. The summed E-state index contributed by atoms with van der Waals surface area (Å²) < 4.78 is 1.90. The molecule has 1 aliphatic rings. The standard InChI is InChI=1S/C15H25N3O/c1-12(2)18-9-6-13(17-18)10-14(19)15(11-16)7-4-3-5-8-15/h6,9,12H,3-5,7-8,10-11,16H2,1-2H3. The predicted molar refractivity (Wildman–Crippen MR) is 75.9 cm³/mol. The Labute approximate surface area is 115 Å². The first kappa shape index (κ1) is 14.3. The van der Waals surface area contributed by atoms with Crippen LogP contribution in [-0.4, -0.2) is 22.1 Å². The van der Waals surface area contributed by atoms with Crippen molar-refractivity contribution >= 4 is 5.78 Å². The van der Waals surface area contributed by atoms with Gasteiger partial charge in [-0.05, 0) is 32.8 Å². The number of carbonyl (C=O) groups excluding carboxylic acids is 1. The third-order valence-corrected chi connectivity index (χ3v) is 4.33. The molecule has 0 unspecified atom stereocenters. The van der Waals surface area contributed by atoms with Crippen molar-refractivity contribution in [2.24, 2.45) is 11.1 Å². The summed E-state index contributed by atoms with van der Waals surface area (Å²) in [5.74, 6) is 0.281. The third kappa shape index (κ3) is 3.06. The van der Waals surface area contributed by atoms with Crippen LogP contribution in [0.2, 0.25) is 0 Å². The number of nitrogens with zero attached hydrogens (tertiary/aromatic N) is 2. The van der Waals surface area contributed by atoms with Crippen molar-refractivity contribution in [3.8, 4) is 0 Å². The molecule has 0 atom stereocenters. The Morgan fingerprint density at radius 3 is 2.63 bits per heavy atom. The summed E-state index contributed by atoms with van der Waals surface area (Å²) >= 11 is 0. The third-order valence-electron chi connectivity index (χ3n) is 4.33. The zero-order valence-corrected chi connectivity index (χ0v) is 12.1. The van der Waals surface area contributed by atoms with E-state index < -0.39 is 0 Å². The summed E-state index contributed by atoms with van der Waals surface area (Å²) in [6, 6.07) is 2.28. The topological polar surface area (TPSA) is 60.9 Å². The van der Waals surface area contributed by atoms with Gasteiger partial charge < -0.3 is 5.73 Å². The molecule has 0 radical (unpaired) electrons. The fraction of sp³-hybridized carbons (Fsp3) is 0.733. The molecular formula is C15H25N3O. The summed E-state index contributed by atoms with van der Waals surface area (Å²) in [4.78, 5) is 12.6. The van der Waals surface area contributed by atoms with Gasteiger partial charge in [-0.2, -0.15) is 5.10 Å². The molecule has 2 rings (SSSR count). The zero-order chi connectivity index (χ0) is 13.9. The average Bonchev–Trinajstić information content (AvgIpc) is 2.88. The highest BCUT2D eigenvalue weighted by atomic mass is 16.1. The number of aromatic nitrogens is 2. The second-order valence-electron chi connectivity index (χ2n) is 6.03. The van der Waals surface area contributed by atoms with Crippen molar-refractivity contribution in [2.45, 2.75) is 58.4 Å². The molecule has 0 aromatic carbocycles. The van der Waals surface area contributed by atoms with Gasteiger partial charge in [0.05, 0.1) is 12.1 Å². The molecule has 19 heavy (non-hydrogen) atoms. The van der Waals surface area contributed by atoms with Gasteiger partial charge in [-0.15, -0.1) is 0 Å². The fourth-order valence-corrected chi connectivity index (χ4v) is 2.94. The van der Waals surface area contributed by atoms with E-state index in [-0.39, 0.29) is 11.2 Å². The van der Waals surface area contributed by atoms with E-state index in [2.05, 4.69) is 18.9 Å². The molecule has 1 aromatic rings. The lowest BCUT2D eigenvalue weighted by atomic mass is 9.70. The Hall–Kier alpha value is -1.16. The summed E-state index contributed by atoms with van der Waals surface area (Å²) in [7, 11) is 0. The molecule has 0 aliphatic heterocycles. The van der Waals surface area contributed by atoms with Crippen LogP contribution in [0.15, 0.2) is 12.3 Å². The van der Waals surface area contributed by atoms with E-state index in [1.807, 2.05) is 16.9 Å². The molecule has 4 nitrogen and oxygen atoms in total. The predicted octanol–water partition coefficient (Wildman–Crippen LogP) is 2.48. The number of carbonyl (C=O) groups is 1. The normalized spacial score (nSPS) is 18.7. The summed E-state index contributed by atoms with van der Waals surface area (Å²) in [6.45, 7) is 4.65. The van der Waals surface area contributed by atoms with Crippen LogP contribution in [0.4, 0.5) is 0 Å². The molecule has 0 saturated heterocycles. The Morgan fingerprint density at radius 2 is 2.11 bits per heavy atom. The SMILES string of the molecule is CC(C)n1ccc(CC(=O)C2(CN)CCCCC2)n1. The minimum absolute atomic E-state index is 0.278. The molecule has 1 saturated carbocycles. The number of rotatable bonds is 5. The second-order valence-corrected chi connectivity index (χ2v) is 6.03. The highest BCUT2D eigenvalue weighted by Gasteiger charge is 2.37. The average molecular weight is 263 g/mol. The molecular weight excluding hydrogens is 238 g/mol. The number of hydrogen-bond donors (Lipinski definition) is 1. The number of ketones is 1. The molecule has 4 heteroatoms. The Morgan fingerprint density at radius 1 is 1.42 bits per heavy atom. The van der Waals surface area contributed by atoms with Crippen LogP contribution < -0.4 is 5.73 Å². The van der Waals surface area contributed by atoms with Crippen molar-refractivity contribution < 1.29 is 4.79 Å². The van der Waals surface area contributed by atoms with Crippen LogP contribution in [0, 0.1) is 5.41 Å².